The van der Waals surface area contributed by atoms with Gasteiger partial charge in [0.15, 0.2) is 11.5 Å². The number of nitrogens with zero attached hydrogens (tertiary/aromatic N) is 4. The van der Waals surface area contributed by atoms with E-state index in [1.165, 1.54) is 26.6 Å². The number of phenolic OH excluding ortho intramolecular Hbond substituents is 2. The number of ether oxygens (including phenoxy) is 3. The van der Waals surface area contributed by atoms with Crippen LogP contribution in [0.25, 0.3) is 0 Å². The van der Waals surface area contributed by atoms with Crippen molar-refractivity contribution in [2.24, 2.45) is 10.2 Å². The third kappa shape index (κ3) is 14.7. The number of aromatic hydroxyl groups is 2. The molecule has 0 unspecified atom stereocenters. The lowest BCUT2D eigenvalue weighted by atomic mass is 10.2. The number of halogens is 5. The number of hydrogen-bond donors (Lipinski definition) is 4. The average molecular weight is 1090 g/mol. The number of carbonyl (C=O) groups is 2. The smallest absolute Gasteiger partial charge is 0.259 e. The zero-order valence-corrected chi connectivity index (χ0v) is 39.7. The van der Waals surface area contributed by atoms with Crippen molar-refractivity contribution < 1.29 is 34.0 Å². The molecule has 4 N–H and O–H groups in total. The molecule has 0 atom stereocenters. The number of anilines is 2. The first-order valence-electron chi connectivity index (χ1n) is 18.4. The van der Waals surface area contributed by atoms with Gasteiger partial charge < -0.3 is 34.2 Å². The summed E-state index contributed by atoms with van der Waals surface area (Å²) < 4.78 is 18.4. The highest BCUT2D eigenvalue weighted by Gasteiger charge is 2.17. The van der Waals surface area contributed by atoms with Crippen molar-refractivity contribution in [3.8, 4) is 23.0 Å². The molecule has 0 fully saturated rings. The van der Waals surface area contributed by atoms with Crippen LogP contribution in [0.4, 0.5) is 11.4 Å². The normalized spacial score (nSPS) is 11.3. The first-order chi connectivity index (χ1) is 28.3. The molecule has 0 spiro atoms. The minimum atomic E-state index is -0.334. The van der Waals surface area contributed by atoms with Gasteiger partial charge in [0.05, 0.1) is 48.7 Å². The fourth-order valence-electron chi connectivity index (χ4n) is 5.68. The van der Waals surface area contributed by atoms with Crippen LogP contribution in [0.5, 0.6) is 23.0 Å². The van der Waals surface area contributed by atoms with Gasteiger partial charge in [0.2, 0.25) is 0 Å². The van der Waals surface area contributed by atoms with Crippen LogP contribution in [0.2, 0.25) is 5.02 Å². The van der Waals surface area contributed by atoms with Gasteiger partial charge >= 0.3 is 0 Å². The van der Waals surface area contributed by atoms with Gasteiger partial charge in [-0.25, -0.2) is 10.9 Å². The van der Waals surface area contributed by atoms with Crippen molar-refractivity contribution in [2.75, 3.05) is 63.4 Å². The van der Waals surface area contributed by atoms with Crippen LogP contribution in [0.1, 0.15) is 42.4 Å². The third-order valence-corrected chi connectivity index (χ3v) is 11.6. The molecule has 0 aliphatic heterocycles. The summed E-state index contributed by atoms with van der Waals surface area (Å²) >= 11 is 19.6. The molecule has 4 rings (SSSR count). The summed E-state index contributed by atoms with van der Waals surface area (Å²) in [5.41, 5.74) is 8.74. The van der Waals surface area contributed by atoms with Crippen LogP contribution in [0.15, 0.2) is 88.8 Å². The first kappa shape index (κ1) is 47.8. The summed E-state index contributed by atoms with van der Waals surface area (Å²) in [6.45, 7) is 4.48. The Labute approximate surface area is 382 Å². The standard InChI is InChI=1S/C41H45Br4ClN6O7/c1-26-8-12-30(13-9-26)51(24-34(53)49-47-22-27-20-32(42)40(57-2)36(44)38(27)55)16-4-6-18-59-19-7-5-17-52(31-14-10-29(46)11-15-31)25-35(54)50-48-23-28-21-33(43)41(58-3)37(45)39(28)56/h8-15,20-23,55-56H,4-7,16-19,24-25H2,1-3H3,(H,49,53)(H,50,54)/b47-22+,48-23+. The molecular weight excluding hydrogens is 1040 g/mol. The molecule has 2 amide bonds. The predicted molar refractivity (Wildman–Crippen MR) is 248 cm³/mol. The van der Waals surface area contributed by atoms with Crippen LogP contribution in [-0.4, -0.2) is 88.1 Å². The highest BCUT2D eigenvalue weighted by atomic mass is 79.9. The molecule has 59 heavy (non-hydrogen) atoms. The largest absolute Gasteiger partial charge is 0.506 e. The summed E-state index contributed by atoms with van der Waals surface area (Å²) in [5, 5.41) is 29.7. The van der Waals surface area contributed by atoms with E-state index in [-0.39, 0.29) is 36.4 Å². The molecule has 316 valence electrons. The molecule has 0 saturated carbocycles. The fraction of sp³-hybridized carbons (Fsp3) is 0.317. The lowest BCUT2D eigenvalue weighted by molar-refractivity contribution is -0.120. The first-order valence-corrected chi connectivity index (χ1v) is 21.9. The maximum absolute atomic E-state index is 13.0. The Bertz CT molecular complexity index is 1950. The molecule has 4 aromatic carbocycles. The Morgan fingerprint density at radius 3 is 1.51 bits per heavy atom. The Balaban J connectivity index is 1.22. The number of aryl methyl sites for hydroxylation is 1. The zero-order chi connectivity index (χ0) is 42.9. The fourth-order valence-corrected chi connectivity index (χ4v) is 8.76. The van der Waals surface area contributed by atoms with E-state index in [2.05, 4.69) is 84.8 Å². The second-order valence-corrected chi connectivity index (χ2v) is 16.8. The van der Waals surface area contributed by atoms with Gasteiger partial charge in [-0.2, -0.15) is 10.2 Å². The predicted octanol–water partition coefficient (Wildman–Crippen LogP) is 9.32. The maximum Gasteiger partial charge on any atom is 0.259 e. The van der Waals surface area contributed by atoms with Crippen LogP contribution in [-0.2, 0) is 14.3 Å². The van der Waals surface area contributed by atoms with E-state index in [1.807, 2.05) is 53.1 Å². The van der Waals surface area contributed by atoms with E-state index >= 15 is 0 Å². The number of nitrogens with one attached hydrogen (secondary N) is 2. The number of phenols is 2. The van der Waals surface area contributed by atoms with Gasteiger partial charge in [-0.3, -0.25) is 9.59 Å². The molecular formula is C41H45Br4ClN6O7. The number of hydrogen-bond acceptors (Lipinski definition) is 11. The van der Waals surface area contributed by atoms with Crippen molar-refractivity contribution in [2.45, 2.75) is 32.6 Å². The minimum Gasteiger partial charge on any atom is -0.506 e. The van der Waals surface area contributed by atoms with E-state index in [9.17, 15) is 19.8 Å². The van der Waals surface area contributed by atoms with E-state index < -0.39 is 0 Å². The molecule has 0 saturated heterocycles. The number of benzene rings is 4. The highest BCUT2D eigenvalue weighted by Crippen LogP contribution is 2.42. The molecule has 0 heterocycles. The van der Waals surface area contributed by atoms with E-state index in [0.29, 0.717) is 71.8 Å². The summed E-state index contributed by atoms with van der Waals surface area (Å²) in [6, 6.07) is 18.6. The number of rotatable bonds is 22. The van der Waals surface area contributed by atoms with Crippen molar-refractivity contribution in [3.05, 3.63) is 100 Å². The summed E-state index contributed by atoms with van der Waals surface area (Å²) in [4.78, 5) is 29.8. The van der Waals surface area contributed by atoms with Crippen molar-refractivity contribution in [3.63, 3.8) is 0 Å². The topological polar surface area (TPSA) is 158 Å². The van der Waals surface area contributed by atoms with Gasteiger partial charge in [-0.05, 0) is 145 Å². The lowest BCUT2D eigenvalue weighted by Crippen LogP contribution is -2.36. The van der Waals surface area contributed by atoms with E-state index in [0.717, 1.165) is 42.6 Å². The molecule has 13 nitrogen and oxygen atoms in total. The quantitative estimate of drug-likeness (QED) is 0.0342. The number of carbonyl (C=O) groups excluding carboxylic acids is 2. The number of methoxy groups -OCH3 is 2. The molecule has 0 aliphatic rings. The number of hydrazone groups is 2. The second-order valence-electron chi connectivity index (χ2n) is 13.1. The van der Waals surface area contributed by atoms with E-state index in [4.69, 9.17) is 25.8 Å². The number of unbranched alkanes of at least 4 members (excludes halogenated alkanes) is 2. The maximum atomic E-state index is 13.0. The molecule has 18 heteroatoms. The Hall–Kier alpha value is -3.87. The average Bonchev–Trinajstić information content (AvgIpc) is 3.21. The van der Waals surface area contributed by atoms with Gasteiger partial charge in [0.1, 0.15) is 20.4 Å². The molecule has 4 aromatic rings. The Kier molecular flexibility index (Phi) is 19.8. The van der Waals surface area contributed by atoms with Gasteiger partial charge in [0, 0.05) is 53.8 Å². The minimum absolute atomic E-state index is 0.0475. The van der Waals surface area contributed by atoms with Gasteiger partial charge in [-0.1, -0.05) is 29.3 Å². The van der Waals surface area contributed by atoms with E-state index in [1.54, 1.807) is 24.3 Å². The van der Waals surface area contributed by atoms with Gasteiger partial charge in [0.25, 0.3) is 11.8 Å². The van der Waals surface area contributed by atoms with Crippen LogP contribution in [0, 0.1) is 6.92 Å². The van der Waals surface area contributed by atoms with Crippen molar-refractivity contribution >= 4 is 111 Å². The van der Waals surface area contributed by atoms with Crippen LogP contribution < -0.4 is 30.1 Å². The summed E-state index contributed by atoms with van der Waals surface area (Å²) in [7, 11) is 2.99. The molecule has 0 radical (unpaired) electrons. The zero-order valence-electron chi connectivity index (χ0n) is 32.6. The highest BCUT2D eigenvalue weighted by molar-refractivity contribution is 9.11. The summed E-state index contributed by atoms with van der Waals surface area (Å²) in [5.74, 6) is 0.104. The van der Waals surface area contributed by atoms with Crippen LogP contribution in [0.3, 0.4) is 0 Å². The Morgan fingerprint density at radius 1 is 0.695 bits per heavy atom. The molecule has 0 bridgehead atoms. The van der Waals surface area contributed by atoms with Crippen LogP contribution >= 0.6 is 75.3 Å². The monoisotopic (exact) mass is 1080 g/mol. The summed E-state index contributed by atoms with van der Waals surface area (Å²) in [6.07, 6.45) is 5.87. The Morgan fingerprint density at radius 2 is 1.10 bits per heavy atom. The van der Waals surface area contributed by atoms with Crippen molar-refractivity contribution in [1.82, 2.24) is 10.9 Å². The van der Waals surface area contributed by atoms with Crippen molar-refractivity contribution in [1.29, 1.82) is 0 Å². The lowest BCUT2D eigenvalue weighted by Gasteiger charge is -2.24. The molecule has 0 aliphatic carbocycles. The second kappa shape index (κ2) is 24.4. The third-order valence-electron chi connectivity index (χ3n) is 8.75. The number of amides is 2. The molecule has 0 aromatic heterocycles. The SMILES string of the molecule is COc1c(Br)cc(/C=N/NC(=O)CN(CCCCOCCCCN(CC(=O)N/N=C/c2cc(Br)c(OC)c(Br)c2O)c2ccc(Cl)cc2)c2ccc(C)cc2)c(O)c1Br. The van der Waals surface area contributed by atoms with Gasteiger partial charge in [-0.15, -0.1) is 0 Å².